The Morgan fingerprint density at radius 2 is 1.40 bits per heavy atom. The Balaban J connectivity index is 3.56. The van der Waals surface area contributed by atoms with Crippen molar-refractivity contribution in [3.63, 3.8) is 0 Å². The zero-order valence-electron chi connectivity index (χ0n) is 18.0. The number of rotatable bonds is 3. The Labute approximate surface area is 161 Å². The number of amides is 2. The van der Waals surface area contributed by atoms with E-state index in [1.54, 1.807) is 13.8 Å². The van der Waals surface area contributed by atoms with Crippen LogP contribution in [0.2, 0.25) is 10.5 Å². The summed E-state index contributed by atoms with van der Waals surface area (Å²) in [6.07, 6.45) is 2.83. The normalized spacial score (nSPS) is 26.7. The number of carbonyl (C=O) groups excluding carboxylic acids is 2. The molecule has 2 amide bonds. The third-order valence-corrected chi connectivity index (χ3v) is 10.2. The molecule has 0 heterocycles. The van der Waals surface area contributed by atoms with Crippen molar-refractivity contribution < 1.29 is 27.5 Å². The second kappa shape index (κ2) is 7.35. The topological polar surface area (TPSA) is 58.2 Å². The number of hydrogen-bond donors (Lipinski definition) is 2. The third kappa shape index (κ3) is 4.69. The van der Waals surface area contributed by atoms with E-state index in [0.29, 0.717) is 0 Å². The van der Waals surface area contributed by atoms with Gasteiger partial charge in [0, 0.05) is 0 Å². The summed E-state index contributed by atoms with van der Waals surface area (Å²) in [6, 6.07) is 0.110. The van der Waals surface area contributed by atoms with E-state index in [1.165, 1.54) is 0 Å². The van der Waals surface area contributed by atoms with Crippen molar-refractivity contribution in [1.29, 1.82) is 0 Å². The van der Waals surface area contributed by atoms with Gasteiger partial charge in [0.25, 0.3) is 0 Å². The summed E-state index contributed by atoms with van der Waals surface area (Å²) in [4.78, 5) is 23.9. The van der Waals surface area contributed by atoms with Crippen LogP contribution < -0.4 is 10.6 Å². The van der Waals surface area contributed by atoms with E-state index in [1.807, 2.05) is 0 Å². The quantitative estimate of drug-likeness (QED) is 0.710. The van der Waals surface area contributed by atoms with E-state index in [2.05, 4.69) is 62.6 Å². The Kier molecular flexibility index (Phi) is 6.67. The molecule has 0 saturated heterocycles. The minimum atomic E-state index is -1.54. The molecule has 2 atom stereocenters. The monoisotopic (exact) mass is 387 g/mol. The van der Waals surface area contributed by atoms with Crippen molar-refractivity contribution in [1.82, 2.24) is 10.6 Å². The van der Waals surface area contributed by atoms with Crippen molar-refractivity contribution in [2.45, 2.75) is 95.0 Å². The van der Waals surface area contributed by atoms with Crippen LogP contribution >= 0.6 is 0 Å². The molecule has 0 spiro atoms. The summed E-state index contributed by atoms with van der Waals surface area (Å²) in [5.74, 6) is 0.0722. The molecule has 0 aromatic heterocycles. The van der Waals surface area contributed by atoms with Gasteiger partial charge in [-0.15, -0.1) is 0 Å². The molecule has 1 rings (SSSR count). The molecule has 1 saturated carbocycles. The van der Waals surface area contributed by atoms with Crippen LogP contribution in [0.15, 0.2) is 0 Å². The molecule has 1 fully saturated rings. The van der Waals surface area contributed by atoms with Gasteiger partial charge in [0.15, 0.2) is 0 Å². The summed E-state index contributed by atoms with van der Waals surface area (Å²) in [5, 5.41) is 11.3. The van der Waals surface area contributed by atoms with Crippen LogP contribution in [0, 0.1) is 16.2 Å². The van der Waals surface area contributed by atoms with Gasteiger partial charge in [0.2, 0.25) is 0 Å². The van der Waals surface area contributed by atoms with Gasteiger partial charge in [-0.25, -0.2) is 0 Å². The first-order valence-electron chi connectivity index (χ1n) is 9.43. The molecule has 25 heavy (non-hydrogen) atoms. The Morgan fingerprint density at radius 1 is 0.920 bits per heavy atom. The molecule has 1 aliphatic rings. The Bertz CT molecular complexity index is 503. The molecule has 1 aliphatic carbocycles. The van der Waals surface area contributed by atoms with Crippen LogP contribution in [-0.2, 0) is 27.5 Å². The summed E-state index contributed by atoms with van der Waals surface area (Å²) < 4.78 is -0.141. The molecule has 145 valence electrons. The zero-order valence-corrected chi connectivity index (χ0v) is 19.6. The molecule has 0 aromatic rings. The van der Waals surface area contributed by atoms with Gasteiger partial charge < -0.3 is 0 Å². The molecule has 2 unspecified atom stereocenters. The van der Waals surface area contributed by atoms with Gasteiger partial charge in [-0.2, -0.15) is 0 Å². The van der Waals surface area contributed by atoms with Crippen molar-refractivity contribution >= 4 is 11.8 Å². The van der Waals surface area contributed by atoms with Gasteiger partial charge >= 0.3 is 161 Å². The summed E-state index contributed by atoms with van der Waals surface area (Å²) in [6.45, 7) is 17.1. The van der Waals surface area contributed by atoms with Crippen molar-refractivity contribution in [3.8, 4) is 0 Å². The minimum absolute atomic E-state index is 0.0223. The maximum absolute atomic E-state index is 12.1. The van der Waals surface area contributed by atoms with E-state index < -0.39 is 17.9 Å². The fourth-order valence-electron chi connectivity index (χ4n) is 5.17. The Morgan fingerprint density at radius 3 is 1.72 bits per heavy atom. The molecule has 0 aliphatic heterocycles. The first-order chi connectivity index (χ1) is 11.1. The second-order valence-corrected chi connectivity index (χ2v) is 14.9. The Hall–Kier alpha value is -0.346. The predicted molar refractivity (Wildman–Crippen MR) is 101 cm³/mol. The van der Waals surface area contributed by atoms with Crippen LogP contribution in [0.1, 0.15) is 74.7 Å². The summed E-state index contributed by atoms with van der Waals surface area (Å²) in [7, 11) is 0. The van der Waals surface area contributed by atoms with Gasteiger partial charge in [-0.3, -0.25) is 0 Å². The molecule has 5 heteroatoms. The van der Waals surface area contributed by atoms with E-state index in [9.17, 15) is 9.59 Å². The standard InChI is InChI=1S/C18H33N2O2.2CH3.Ti/c1-12(21)19-14-9-15(20-13(2)22)11-18(10-14,16(3,4)5)17(6,7)8;;;/h14H,9-11H2,1-8H3,(H,19,21)(H,20,22);2*1H3;. The third-order valence-electron chi connectivity index (χ3n) is 6.44. The first kappa shape index (κ1) is 22.7. The van der Waals surface area contributed by atoms with E-state index in [4.69, 9.17) is 0 Å². The van der Waals surface area contributed by atoms with Gasteiger partial charge in [0.05, 0.1) is 0 Å². The molecular formula is C20H39N2O2Ti. The zero-order chi connectivity index (χ0) is 19.8. The van der Waals surface area contributed by atoms with Crippen LogP contribution in [0.3, 0.4) is 0 Å². The molecular weight excluding hydrogens is 348 g/mol. The van der Waals surface area contributed by atoms with Gasteiger partial charge in [0.1, 0.15) is 0 Å². The molecule has 0 radical (unpaired) electrons. The molecule has 2 N–H and O–H groups in total. The molecule has 4 nitrogen and oxygen atoms in total. The second-order valence-electron chi connectivity index (χ2n) is 10.3. The summed E-state index contributed by atoms with van der Waals surface area (Å²) in [5.41, 5.74) is 0.165. The summed E-state index contributed by atoms with van der Waals surface area (Å²) >= 11 is -1.54. The maximum atomic E-state index is 12.1. The van der Waals surface area contributed by atoms with Crippen LogP contribution in [0.4, 0.5) is 0 Å². The average molecular weight is 387 g/mol. The van der Waals surface area contributed by atoms with Gasteiger partial charge in [-0.1, -0.05) is 0 Å². The van der Waals surface area contributed by atoms with E-state index in [0.717, 1.165) is 19.3 Å². The van der Waals surface area contributed by atoms with Crippen molar-refractivity contribution in [2.75, 3.05) is 0 Å². The van der Waals surface area contributed by atoms with Crippen molar-refractivity contribution in [2.24, 2.45) is 16.2 Å². The predicted octanol–water partition coefficient (Wildman–Crippen LogP) is 4.30. The number of carbonyl (C=O) groups is 2. The number of nitrogens with one attached hydrogen (secondary N) is 2. The van der Waals surface area contributed by atoms with Crippen LogP contribution in [-0.4, -0.2) is 21.7 Å². The molecule has 0 aromatic carbocycles. The van der Waals surface area contributed by atoms with E-state index in [-0.39, 0.29) is 37.9 Å². The van der Waals surface area contributed by atoms with Gasteiger partial charge in [-0.05, 0) is 0 Å². The number of hydrogen-bond acceptors (Lipinski definition) is 2. The fourth-order valence-corrected chi connectivity index (χ4v) is 7.88. The van der Waals surface area contributed by atoms with Crippen LogP contribution in [0.25, 0.3) is 0 Å². The fraction of sp³-hybridized carbons (Fsp3) is 0.900. The van der Waals surface area contributed by atoms with Crippen LogP contribution in [0.5, 0.6) is 0 Å². The first-order valence-corrected chi connectivity index (χ1v) is 13.3. The van der Waals surface area contributed by atoms with Crippen molar-refractivity contribution in [3.05, 3.63) is 0 Å². The SMILES string of the molecule is CC(=O)NC1C[C](NC(C)=O)([Ti]([CH3])[CH3])CC(C(C)(C)C)(C(C)(C)C)C1. The average Bonchev–Trinajstić information content (AvgIpc) is 2.33. The molecule has 0 bridgehead atoms. The van der Waals surface area contributed by atoms with E-state index >= 15 is 0 Å².